The first-order chi connectivity index (χ1) is 5.83. The fourth-order valence-electron chi connectivity index (χ4n) is 1.57. The number of rotatable bonds is 4. The van der Waals surface area contributed by atoms with Gasteiger partial charge in [0.25, 0.3) is 0 Å². The SMILES string of the molecule is COCCC1(CBr)CCOCC1. The van der Waals surface area contributed by atoms with Gasteiger partial charge in [-0.1, -0.05) is 15.9 Å². The summed E-state index contributed by atoms with van der Waals surface area (Å²) < 4.78 is 10.5. The molecule has 0 bridgehead atoms. The predicted octanol–water partition coefficient (Wildman–Crippen LogP) is 2.21. The van der Waals surface area contributed by atoms with Crippen LogP contribution in [0.1, 0.15) is 19.3 Å². The van der Waals surface area contributed by atoms with Crippen LogP contribution in [0, 0.1) is 5.41 Å². The van der Waals surface area contributed by atoms with Crippen LogP contribution < -0.4 is 0 Å². The summed E-state index contributed by atoms with van der Waals surface area (Å²) in [6, 6.07) is 0. The van der Waals surface area contributed by atoms with E-state index in [1.165, 1.54) is 12.8 Å². The standard InChI is InChI=1S/C9H17BrO2/c1-11-5-2-9(8-10)3-6-12-7-4-9/h2-8H2,1H3. The molecule has 0 aromatic carbocycles. The van der Waals surface area contributed by atoms with Gasteiger partial charge in [-0.05, 0) is 24.7 Å². The Labute approximate surface area is 82.7 Å². The average Bonchev–Trinajstić information content (AvgIpc) is 2.16. The Bertz CT molecular complexity index is 122. The van der Waals surface area contributed by atoms with E-state index in [2.05, 4.69) is 15.9 Å². The van der Waals surface area contributed by atoms with Gasteiger partial charge in [0.1, 0.15) is 0 Å². The van der Waals surface area contributed by atoms with Crippen molar-refractivity contribution >= 4 is 15.9 Å². The summed E-state index contributed by atoms with van der Waals surface area (Å²) in [6.07, 6.45) is 3.49. The molecule has 12 heavy (non-hydrogen) atoms. The second-order valence-corrected chi connectivity index (χ2v) is 4.05. The number of hydrogen-bond donors (Lipinski definition) is 0. The van der Waals surface area contributed by atoms with Crippen LogP contribution in [-0.4, -0.2) is 32.3 Å². The van der Waals surface area contributed by atoms with Gasteiger partial charge in [-0.3, -0.25) is 0 Å². The lowest BCUT2D eigenvalue weighted by molar-refractivity contribution is 0.0110. The summed E-state index contributed by atoms with van der Waals surface area (Å²) in [6.45, 7) is 2.69. The molecule has 1 heterocycles. The van der Waals surface area contributed by atoms with Crippen LogP contribution in [0.15, 0.2) is 0 Å². The quantitative estimate of drug-likeness (QED) is 0.698. The van der Waals surface area contributed by atoms with E-state index < -0.39 is 0 Å². The molecular formula is C9H17BrO2. The maximum Gasteiger partial charge on any atom is 0.0471 e. The molecule has 0 atom stereocenters. The Morgan fingerprint density at radius 3 is 2.58 bits per heavy atom. The van der Waals surface area contributed by atoms with Gasteiger partial charge in [-0.25, -0.2) is 0 Å². The lowest BCUT2D eigenvalue weighted by atomic mass is 9.80. The summed E-state index contributed by atoms with van der Waals surface area (Å²) in [5, 5.41) is 1.08. The molecule has 0 unspecified atom stereocenters. The number of halogens is 1. The van der Waals surface area contributed by atoms with Gasteiger partial charge in [0.2, 0.25) is 0 Å². The van der Waals surface area contributed by atoms with Crippen LogP contribution in [-0.2, 0) is 9.47 Å². The third kappa shape index (κ3) is 2.71. The third-order valence-corrected chi connectivity index (χ3v) is 3.86. The fraction of sp³-hybridized carbons (Fsp3) is 1.00. The molecule has 3 heteroatoms. The zero-order chi connectivity index (χ0) is 8.86. The Kier molecular flexibility index (Phi) is 4.54. The van der Waals surface area contributed by atoms with Crippen molar-refractivity contribution in [3.8, 4) is 0 Å². The van der Waals surface area contributed by atoms with E-state index in [1.807, 2.05) is 0 Å². The molecule has 0 aliphatic carbocycles. The van der Waals surface area contributed by atoms with Crippen molar-refractivity contribution in [1.29, 1.82) is 0 Å². The van der Waals surface area contributed by atoms with Gasteiger partial charge in [0.05, 0.1) is 0 Å². The number of methoxy groups -OCH3 is 1. The zero-order valence-corrected chi connectivity index (χ0v) is 9.23. The molecule has 2 nitrogen and oxygen atoms in total. The van der Waals surface area contributed by atoms with Crippen LogP contribution in [0.5, 0.6) is 0 Å². The Morgan fingerprint density at radius 1 is 1.42 bits per heavy atom. The minimum atomic E-state index is 0.439. The van der Waals surface area contributed by atoms with Crippen molar-refractivity contribution < 1.29 is 9.47 Å². The summed E-state index contributed by atoms with van der Waals surface area (Å²) >= 11 is 3.59. The van der Waals surface area contributed by atoms with Crippen molar-refractivity contribution in [2.24, 2.45) is 5.41 Å². The maximum atomic E-state index is 5.34. The highest BCUT2D eigenvalue weighted by Crippen LogP contribution is 2.35. The third-order valence-electron chi connectivity index (χ3n) is 2.67. The summed E-state index contributed by atoms with van der Waals surface area (Å²) in [5.41, 5.74) is 0.439. The Balaban J connectivity index is 2.37. The minimum Gasteiger partial charge on any atom is -0.385 e. The summed E-state index contributed by atoms with van der Waals surface area (Å²) in [5.74, 6) is 0. The molecule has 0 spiro atoms. The molecule has 1 saturated heterocycles. The van der Waals surface area contributed by atoms with E-state index in [1.54, 1.807) is 7.11 Å². The first kappa shape index (κ1) is 10.5. The van der Waals surface area contributed by atoms with E-state index in [0.717, 1.165) is 31.6 Å². The van der Waals surface area contributed by atoms with Gasteiger partial charge in [0.15, 0.2) is 0 Å². The van der Waals surface area contributed by atoms with Gasteiger partial charge < -0.3 is 9.47 Å². The first-order valence-corrected chi connectivity index (χ1v) is 5.58. The van der Waals surface area contributed by atoms with Crippen LogP contribution in [0.25, 0.3) is 0 Å². The predicted molar refractivity (Wildman–Crippen MR) is 52.8 cm³/mol. The lowest BCUT2D eigenvalue weighted by Gasteiger charge is -2.35. The van der Waals surface area contributed by atoms with Gasteiger partial charge in [0, 0.05) is 32.3 Å². The van der Waals surface area contributed by atoms with E-state index in [4.69, 9.17) is 9.47 Å². The van der Waals surface area contributed by atoms with Crippen LogP contribution in [0.3, 0.4) is 0 Å². The largest absolute Gasteiger partial charge is 0.385 e. The minimum absolute atomic E-state index is 0.439. The van der Waals surface area contributed by atoms with Crippen LogP contribution in [0.2, 0.25) is 0 Å². The smallest absolute Gasteiger partial charge is 0.0471 e. The normalized spacial score (nSPS) is 22.5. The first-order valence-electron chi connectivity index (χ1n) is 4.46. The van der Waals surface area contributed by atoms with Gasteiger partial charge in [-0.2, -0.15) is 0 Å². The van der Waals surface area contributed by atoms with Crippen molar-refractivity contribution in [3.05, 3.63) is 0 Å². The number of ether oxygens (including phenoxy) is 2. The van der Waals surface area contributed by atoms with E-state index in [-0.39, 0.29) is 0 Å². The molecule has 0 N–H and O–H groups in total. The molecule has 1 fully saturated rings. The highest BCUT2D eigenvalue weighted by molar-refractivity contribution is 9.09. The van der Waals surface area contributed by atoms with E-state index in [0.29, 0.717) is 5.41 Å². The monoisotopic (exact) mass is 236 g/mol. The molecule has 0 radical (unpaired) electrons. The number of alkyl halides is 1. The fourth-order valence-corrected chi connectivity index (χ4v) is 2.41. The molecule has 72 valence electrons. The van der Waals surface area contributed by atoms with Crippen molar-refractivity contribution in [3.63, 3.8) is 0 Å². The summed E-state index contributed by atoms with van der Waals surface area (Å²) in [4.78, 5) is 0. The summed E-state index contributed by atoms with van der Waals surface area (Å²) in [7, 11) is 1.77. The number of hydrogen-bond acceptors (Lipinski definition) is 2. The molecular weight excluding hydrogens is 220 g/mol. The Morgan fingerprint density at radius 2 is 2.08 bits per heavy atom. The molecule has 1 aliphatic rings. The second kappa shape index (κ2) is 5.20. The molecule has 0 saturated carbocycles. The van der Waals surface area contributed by atoms with E-state index >= 15 is 0 Å². The van der Waals surface area contributed by atoms with Gasteiger partial charge >= 0.3 is 0 Å². The molecule has 1 aliphatic heterocycles. The molecule has 0 aromatic heterocycles. The van der Waals surface area contributed by atoms with Crippen molar-refractivity contribution in [2.45, 2.75) is 19.3 Å². The molecule has 0 amide bonds. The van der Waals surface area contributed by atoms with Crippen molar-refractivity contribution in [2.75, 3.05) is 32.3 Å². The zero-order valence-electron chi connectivity index (χ0n) is 7.64. The van der Waals surface area contributed by atoms with Crippen molar-refractivity contribution in [1.82, 2.24) is 0 Å². The maximum absolute atomic E-state index is 5.34. The van der Waals surface area contributed by atoms with E-state index in [9.17, 15) is 0 Å². The van der Waals surface area contributed by atoms with Gasteiger partial charge in [-0.15, -0.1) is 0 Å². The highest BCUT2D eigenvalue weighted by Gasteiger charge is 2.30. The van der Waals surface area contributed by atoms with Crippen LogP contribution in [0.4, 0.5) is 0 Å². The lowest BCUT2D eigenvalue weighted by Crippen LogP contribution is -2.32. The topological polar surface area (TPSA) is 18.5 Å². The Hall–Kier alpha value is 0.400. The molecule has 1 rings (SSSR count). The average molecular weight is 237 g/mol. The van der Waals surface area contributed by atoms with Crippen LogP contribution >= 0.6 is 15.9 Å². The highest BCUT2D eigenvalue weighted by atomic mass is 79.9. The molecule has 0 aromatic rings. The second-order valence-electron chi connectivity index (χ2n) is 3.49.